The van der Waals surface area contributed by atoms with Crippen molar-refractivity contribution in [3.63, 3.8) is 0 Å². The molecule has 67 heavy (non-hydrogen) atoms. The molecule has 0 radical (unpaired) electrons. The fourth-order valence-electron chi connectivity index (χ4n) is 11.6. The van der Waals surface area contributed by atoms with Crippen molar-refractivity contribution in [3.8, 4) is 44.5 Å². The maximum absolute atomic E-state index is 6.71. The molecule has 0 aliphatic rings. The first-order valence-electron chi connectivity index (χ1n) is 22.9. The Morgan fingerprint density at radius 1 is 0.239 bits per heavy atom. The standard InChI is InChI=1S/C64H36O2Se/c1-3-21-41-39(19-1)57(40-20-2-4-22-42(40)58(41)50-30-13-27-47-37-17-9-11-34-54(37)65-62(47)50)49-29-16-36-56-61(49)53-33-15-32-52(64(53)67-56)60-45-25-7-5-23-43(45)59(44-24-6-8-26-46(44)60)51-31-14-28-48-38-18-10-12-35-55(38)66-63(48)51/h1-36H. The van der Waals surface area contributed by atoms with Crippen LogP contribution in [0.4, 0.5) is 0 Å². The van der Waals surface area contributed by atoms with E-state index in [1.807, 2.05) is 0 Å². The Morgan fingerprint density at radius 3 is 1.00 bits per heavy atom. The first-order chi connectivity index (χ1) is 33.3. The SMILES string of the molecule is c1ccc2c(c1)oc1c(-c3c4ccccc4c(-c4cccc5c4[se]c4cccc(-c6c7ccccc7c(-c7cccc8c7oc7ccccc78)c7ccccc67)c45)c4ccccc34)cccc12. The summed E-state index contributed by atoms with van der Waals surface area (Å²) >= 11 is 0.0561. The van der Waals surface area contributed by atoms with Gasteiger partial charge in [-0.15, -0.1) is 0 Å². The van der Waals surface area contributed by atoms with Gasteiger partial charge < -0.3 is 0 Å². The molecular formula is C64H36O2Se. The van der Waals surface area contributed by atoms with Crippen molar-refractivity contribution >= 4 is 121 Å². The minimum atomic E-state index is 0.0561. The van der Waals surface area contributed by atoms with Crippen LogP contribution in [0.5, 0.6) is 0 Å². The Morgan fingerprint density at radius 2 is 0.552 bits per heavy atom. The molecule has 310 valence electrons. The molecule has 12 aromatic carbocycles. The summed E-state index contributed by atoms with van der Waals surface area (Å²) < 4.78 is 16.3. The summed E-state index contributed by atoms with van der Waals surface area (Å²) in [6.07, 6.45) is 0. The Bertz CT molecular complexity index is 4470. The molecule has 15 rings (SSSR count). The predicted octanol–water partition coefficient (Wildman–Crippen LogP) is 18.1. The van der Waals surface area contributed by atoms with E-state index in [2.05, 4.69) is 218 Å². The first-order valence-corrected chi connectivity index (χ1v) is 24.6. The molecule has 0 amide bonds. The molecule has 0 bridgehead atoms. The number of rotatable bonds is 4. The van der Waals surface area contributed by atoms with Gasteiger partial charge in [0.15, 0.2) is 0 Å². The van der Waals surface area contributed by atoms with Crippen molar-refractivity contribution in [3.05, 3.63) is 218 Å². The molecule has 0 unspecified atom stereocenters. The quantitative estimate of drug-likeness (QED) is 0.130. The number of fused-ring (bicyclic) bond motifs is 13. The van der Waals surface area contributed by atoms with Crippen molar-refractivity contribution in [2.75, 3.05) is 0 Å². The molecule has 0 spiro atoms. The molecule has 2 nitrogen and oxygen atoms in total. The first kappa shape index (κ1) is 37.1. The summed E-state index contributed by atoms with van der Waals surface area (Å²) in [5, 5.41) is 17.1. The summed E-state index contributed by atoms with van der Waals surface area (Å²) in [6.45, 7) is 0. The predicted molar refractivity (Wildman–Crippen MR) is 285 cm³/mol. The second-order valence-electron chi connectivity index (χ2n) is 17.7. The van der Waals surface area contributed by atoms with E-state index in [0.29, 0.717) is 0 Å². The Hall–Kier alpha value is -8.20. The van der Waals surface area contributed by atoms with Gasteiger partial charge in [0.2, 0.25) is 0 Å². The van der Waals surface area contributed by atoms with E-state index in [-0.39, 0.29) is 14.5 Å². The van der Waals surface area contributed by atoms with Crippen LogP contribution in [0.2, 0.25) is 0 Å². The monoisotopic (exact) mass is 916 g/mol. The second-order valence-corrected chi connectivity index (χ2v) is 19.9. The fraction of sp³-hybridized carbons (Fsp3) is 0. The van der Waals surface area contributed by atoms with Gasteiger partial charge in [-0.1, -0.05) is 12.1 Å². The van der Waals surface area contributed by atoms with Crippen molar-refractivity contribution < 1.29 is 8.83 Å². The zero-order valence-corrected chi connectivity index (χ0v) is 37.7. The summed E-state index contributed by atoms with van der Waals surface area (Å²) in [5.74, 6) is 0. The van der Waals surface area contributed by atoms with Crippen LogP contribution in [-0.4, -0.2) is 14.5 Å². The topological polar surface area (TPSA) is 26.3 Å². The number of hydrogen-bond donors (Lipinski definition) is 0. The average Bonchev–Trinajstić information content (AvgIpc) is 4.09. The van der Waals surface area contributed by atoms with Crippen LogP contribution in [0.15, 0.2) is 227 Å². The Kier molecular flexibility index (Phi) is 7.83. The third-order valence-electron chi connectivity index (χ3n) is 14.3. The zero-order chi connectivity index (χ0) is 43.7. The maximum atomic E-state index is 6.71. The summed E-state index contributed by atoms with van der Waals surface area (Å²) in [4.78, 5) is 0. The molecule has 0 saturated carbocycles. The summed E-state index contributed by atoms with van der Waals surface area (Å²) in [6, 6.07) is 80.0. The van der Waals surface area contributed by atoms with Crippen LogP contribution in [0, 0.1) is 0 Å². The second kappa shape index (κ2) is 14.1. The summed E-state index contributed by atoms with van der Waals surface area (Å²) in [5.41, 5.74) is 13.5. The van der Waals surface area contributed by atoms with E-state index >= 15 is 0 Å². The van der Waals surface area contributed by atoms with Crippen LogP contribution in [0.3, 0.4) is 0 Å². The third kappa shape index (κ3) is 5.21. The van der Waals surface area contributed by atoms with E-state index in [9.17, 15) is 0 Å². The number of para-hydroxylation sites is 4. The molecule has 3 aromatic heterocycles. The van der Waals surface area contributed by atoms with Crippen LogP contribution in [0.25, 0.3) is 151 Å². The van der Waals surface area contributed by atoms with Gasteiger partial charge >= 0.3 is 380 Å². The van der Waals surface area contributed by atoms with Crippen molar-refractivity contribution in [1.29, 1.82) is 0 Å². The molecule has 0 aliphatic carbocycles. The van der Waals surface area contributed by atoms with Gasteiger partial charge in [-0.05, 0) is 0 Å². The van der Waals surface area contributed by atoms with Crippen LogP contribution >= 0.6 is 0 Å². The van der Waals surface area contributed by atoms with E-state index in [0.717, 1.165) is 55.0 Å². The molecule has 0 N–H and O–H groups in total. The van der Waals surface area contributed by atoms with Crippen molar-refractivity contribution in [1.82, 2.24) is 0 Å². The molecule has 0 fully saturated rings. The number of furan rings is 2. The van der Waals surface area contributed by atoms with E-state index in [1.54, 1.807) is 0 Å². The molecule has 0 saturated heterocycles. The fourth-order valence-corrected chi connectivity index (χ4v) is 14.2. The zero-order valence-electron chi connectivity index (χ0n) is 36.0. The van der Waals surface area contributed by atoms with Crippen molar-refractivity contribution in [2.24, 2.45) is 0 Å². The van der Waals surface area contributed by atoms with Gasteiger partial charge in [-0.3, -0.25) is 0 Å². The Labute approximate surface area is 390 Å². The summed E-state index contributed by atoms with van der Waals surface area (Å²) in [7, 11) is 0. The number of benzene rings is 12. The van der Waals surface area contributed by atoms with E-state index in [1.165, 1.54) is 95.8 Å². The molecule has 0 atom stereocenters. The molecule has 3 heteroatoms. The number of hydrogen-bond acceptors (Lipinski definition) is 2. The van der Waals surface area contributed by atoms with E-state index < -0.39 is 0 Å². The minimum absolute atomic E-state index is 0.0561. The van der Waals surface area contributed by atoms with Gasteiger partial charge in [0.1, 0.15) is 0 Å². The average molecular weight is 916 g/mol. The Balaban J connectivity index is 1.000. The molecule has 0 aliphatic heterocycles. The van der Waals surface area contributed by atoms with Gasteiger partial charge in [0.05, 0.1) is 0 Å². The van der Waals surface area contributed by atoms with Crippen LogP contribution in [-0.2, 0) is 0 Å². The van der Waals surface area contributed by atoms with Crippen LogP contribution < -0.4 is 0 Å². The van der Waals surface area contributed by atoms with Gasteiger partial charge in [0.25, 0.3) is 0 Å². The normalized spacial score (nSPS) is 12.2. The van der Waals surface area contributed by atoms with Gasteiger partial charge in [-0.25, -0.2) is 0 Å². The third-order valence-corrected chi connectivity index (χ3v) is 16.8. The van der Waals surface area contributed by atoms with Crippen molar-refractivity contribution in [2.45, 2.75) is 0 Å². The van der Waals surface area contributed by atoms with E-state index in [4.69, 9.17) is 8.83 Å². The molecule has 15 aromatic rings. The van der Waals surface area contributed by atoms with Crippen LogP contribution in [0.1, 0.15) is 0 Å². The van der Waals surface area contributed by atoms with Gasteiger partial charge in [-0.2, -0.15) is 0 Å². The molecule has 3 heterocycles. The molecular weight excluding hydrogens is 880 g/mol. The van der Waals surface area contributed by atoms with Gasteiger partial charge in [0, 0.05) is 0 Å².